The molecule has 27 heavy (non-hydrogen) atoms. The standard InChI is InChI=1S/C24H52N.HI.H3N/c1-5-9-13-17-21-25(22-18-14-10-6-2,23-19-15-11-7-3)24-20-16-12-8-4;;/h5-24H2,1-4H3;1H;1H3/q+1;;. The molecule has 0 aromatic carbocycles. The zero-order chi connectivity index (χ0) is 18.6. The second-order valence-corrected chi connectivity index (χ2v) is 8.48. The molecule has 3 heteroatoms. The molecule has 0 aliphatic rings. The lowest BCUT2D eigenvalue weighted by molar-refractivity contribution is -0.929. The summed E-state index contributed by atoms with van der Waals surface area (Å²) in [6.45, 7) is 15.2. The lowest BCUT2D eigenvalue weighted by Gasteiger charge is -2.39. The highest BCUT2D eigenvalue weighted by molar-refractivity contribution is 14.0. The lowest BCUT2D eigenvalue weighted by Crippen LogP contribution is -2.50. The largest absolute Gasteiger partial charge is 0.344 e. The highest BCUT2D eigenvalue weighted by Gasteiger charge is 2.25. The van der Waals surface area contributed by atoms with Crippen LogP contribution in [0.15, 0.2) is 0 Å². The summed E-state index contributed by atoms with van der Waals surface area (Å²) in [4.78, 5) is 0. The number of nitrogens with zero attached hydrogens (tertiary/aromatic N) is 1. The van der Waals surface area contributed by atoms with E-state index in [1.54, 1.807) is 0 Å². The van der Waals surface area contributed by atoms with Gasteiger partial charge in [-0.25, -0.2) is 0 Å². The Kier molecular flexibility index (Phi) is 29.6. The van der Waals surface area contributed by atoms with Crippen LogP contribution in [-0.2, 0) is 0 Å². The minimum Gasteiger partial charge on any atom is -0.344 e. The van der Waals surface area contributed by atoms with Gasteiger partial charge >= 0.3 is 0 Å². The first kappa shape index (κ1) is 32.3. The zero-order valence-electron chi connectivity index (χ0n) is 19.7. The van der Waals surface area contributed by atoms with E-state index in [-0.39, 0.29) is 30.1 Å². The van der Waals surface area contributed by atoms with E-state index in [2.05, 4.69) is 27.7 Å². The van der Waals surface area contributed by atoms with E-state index in [4.69, 9.17) is 0 Å². The Labute approximate surface area is 190 Å². The SMILES string of the molecule is CCCCCC[N+](CCCCCC)(CCCCCC)CCCCCC.I.N. The van der Waals surface area contributed by atoms with E-state index in [9.17, 15) is 0 Å². The van der Waals surface area contributed by atoms with Crippen molar-refractivity contribution >= 4 is 24.0 Å². The van der Waals surface area contributed by atoms with E-state index in [1.807, 2.05) is 0 Å². The van der Waals surface area contributed by atoms with Crippen molar-refractivity contribution < 1.29 is 4.48 Å². The van der Waals surface area contributed by atoms with Gasteiger partial charge < -0.3 is 10.6 Å². The second kappa shape index (κ2) is 24.7. The summed E-state index contributed by atoms with van der Waals surface area (Å²) in [5.74, 6) is 0. The Bertz CT molecular complexity index is 205. The van der Waals surface area contributed by atoms with Gasteiger partial charge in [-0.05, 0) is 51.4 Å². The summed E-state index contributed by atoms with van der Waals surface area (Å²) in [5, 5.41) is 0. The monoisotopic (exact) mass is 499 g/mol. The quantitative estimate of drug-likeness (QED) is 0.101. The van der Waals surface area contributed by atoms with E-state index in [1.165, 1.54) is 133 Å². The van der Waals surface area contributed by atoms with Gasteiger partial charge in [0, 0.05) is 0 Å². The van der Waals surface area contributed by atoms with Crippen molar-refractivity contribution in [3.63, 3.8) is 0 Å². The first-order chi connectivity index (χ1) is 12.2. The molecule has 0 spiro atoms. The fourth-order valence-electron chi connectivity index (χ4n) is 4.17. The van der Waals surface area contributed by atoms with Gasteiger partial charge in [-0.15, -0.1) is 24.0 Å². The summed E-state index contributed by atoms with van der Waals surface area (Å²) in [6, 6.07) is 0. The van der Waals surface area contributed by atoms with Crippen LogP contribution in [0.3, 0.4) is 0 Å². The molecule has 2 nitrogen and oxygen atoms in total. The van der Waals surface area contributed by atoms with E-state index >= 15 is 0 Å². The Morgan fingerprint density at radius 1 is 0.370 bits per heavy atom. The molecule has 168 valence electrons. The molecule has 0 saturated heterocycles. The average Bonchev–Trinajstić information content (AvgIpc) is 2.63. The van der Waals surface area contributed by atoms with E-state index in [0.29, 0.717) is 0 Å². The minimum absolute atomic E-state index is 0. The van der Waals surface area contributed by atoms with Crippen molar-refractivity contribution in [2.45, 2.75) is 130 Å². The predicted octanol–water partition coefficient (Wildman–Crippen LogP) is 8.90. The third-order valence-electron chi connectivity index (χ3n) is 5.94. The maximum atomic E-state index is 2.34. The van der Waals surface area contributed by atoms with Crippen molar-refractivity contribution in [1.82, 2.24) is 6.15 Å². The molecule has 0 aliphatic carbocycles. The molecule has 0 amide bonds. The zero-order valence-corrected chi connectivity index (χ0v) is 22.0. The highest BCUT2D eigenvalue weighted by Crippen LogP contribution is 2.19. The number of quaternary nitrogens is 1. The first-order valence-electron chi connectivity index (χ1n) is 12.1. The minimum atomic E-state index is 0. The summed E-state index contributed by atoms with van der Waals surface area (Å²) in [7, 11) is 0. The van der Waals surface area contributed by atoms with Crippen LogP contribution in [0.2, 0.25) is 0 Å². The van der Waals surface area contributed by atoms with Crippen LogP contribution in [-0.4, -0.2) is 30.7 Å². The fourth-order valence-corrected chi connectivity index (χ4v) is 4.17. The van der Waals surface area contributed by atoms with Crippen LogP contribution in [0, 0.1) is 0 Å². The molecular formula is C24H56IN2+. The molecule has 0 saturated carbocycles. The Morgan fingerprint density at radius 3 is 0.778 bits per heavy atom. The first-order valence-corrected chi connectivity index (χ1v) is 12.1. The normalized spacial score (nSPS) is 11.1. The molecule has 0 rings (SSSR count). The van der Waals surface area contributed by atoms with Crippen molar-refractivity contribution in [1.29, 1.82) is 0 Å². The van der Waals surface area contributed by atoms with Gasteiger partial charge in [-0.2, -0.15) is 0 Å². The molecule has 0 aromatic rings. The summed E-state index contributed by atoms with van der Waals surface area (Å²) in [5.41, 5.74) is 0. The van der Waals surface area contributed by atoms with Gasteiger partial charge in [0.25, 0.3) is 0 Å². The van der Waals surface area contributed by atoms with E-state index in [0.717, 1.165) is 0 Å². The fraction of sp³-hybridized carbons (Fsp3) is 1.00. The number of rotatable bonds is 20. The maximum Gasteiger partial charge on any atom is 0.0786 e. The van der Waals surface area contributed by atoms with Crippen LogP contribution in [0.25, 0.3) is 0 Å². The molecule has 0 unspecified atom stereocenters. The van der Waals surface area contributed by atoms with Crippen LogP contribution in [0.1, 0.15) is 130 Å². The summed E-state index contributed by atoms with van der Waals surface area (Å²) >= 11 is 0. The Hall–Kier alpha value is 0.650. The topological polar surface area (TPSA) is 35.0 Å². The van der Waals surface area contributed by atoms with Gasteiger partial charge in [0.1, 0.15) is 0 Å². The maximum absolute atomic E-state index is 2.34. The Morgan fingerprint density at radius 2 is 0.593 bits per heavy atom. The van der Waals surface area contributed by atoms with Crippen LogP contribution in [0.4, 0.5) is 0 Å². The number of hydrogen-bond donors (Lipinski definition) is 1. The van der Waals surface area contributed by atoms with Crippen molar-refractivity contribution in [3.05, 3.63) is 0 Å². The van der Waals surface area contributed by atoms with Crippen molar-refractivity contribution in [2.24, 2.45) is 0 Å². The predicted molar refractivity (Wildman–Crippen MR) is 137 cm³/mol. The molecule has 0 aromatic heterocycles. The molecule has 0 radical (unpaired) electrons. The number of halogens is 1. The van der Waals surface area contributed by atoms with Crippen LogP contribution in [0.5, 0.6) is 0 Å². The molecule has 0 aliphatic heterocycles. The van der Waals surface area contributed by atoms with Gasteiger partial charge in [-0.1, -0.05) is 79.1 Å². The third-order valence-corrected chi connectivity index (χ3v) is 5.94. The van der Waals surface area contributed by atoms with Gasteiger partial charge in [0.05, 0.1) is 26.2 Å². The molecule has 3 N–H and O–H groups in total. The molecule has 0 heterocycles. The van der Waals surface area contributed by atoms with Crippen molar-refractivity contribution in [2.75, 3.05) is 26.2 Å². The van der Waals surface area contributed by atoms with E-state index < -0.39 is 0 Å². The van der Waals surface area contributed by atoms with Crippen molar-refractivity contribution in [3.8, 4) is 0 Å². The van der Waals surface area contributed by atoms with Crippen LogP contribution >= 0.6 is 24.0 Å². The molecule has 0 fully saturated rings. The average molecular weight is 500 g/mol. The van der Waals surface area contributed by atoms with Gasteiger partial charge in [0.15, 0.2) is 0 Å². The second-order valence-electron chi connectivity index (χ2n) is 8.48. The highest BCUT2D eigenvalue weighted by atomic mass is 127. The summed E-state index contributed by atoms with van der Waals surface area (Å²) < 4.78 is 1.46. The molecule has 0 bridgehead atoms. The molecular weight excluding hydrogens is 443 g/mol. The number of unbranched alkanes of at least 4 members (excludes halogenated alkanes) is 12. The molecule has 0 atom stereocenters. The van der Waals surface area contributed by atoms with Gasteiger partial charge in [0.2, 0.25) is 0 Å². The number of hydrogen-bond acceptors (Lipinski definition) is 1. The van der Waals surface area contributed by atoms with Crippen LogP contribution < -0.4 is 6.15 Å². The smallest absolute Gasteiger partial charge is 0.0786 e. The third kappa shape index (κ3) is 19.7. The summed E-state index contributed by atoms with van der Waals surface area (Å²) in [6.07, 6.45) is 22.8. The Balaban J connectivity index is -0.00000288. The lowest BCUT2D eigenvalue weighted by atomic mass is 10.1. The van der Waals surface area contributed by atoms with Gasteiger partial charge in [-0.3, -0.25) is 0 Å².